The van der Waals surface area contributed by atoms with Crippen LogP contribution in [-0.4, -0.2) is 51.9 Å². The van der Waals surface area contributed by atoms with Gasteiger partial charge in [0.15, 0.2) is 0 Å². The van der Waals surface area contributed by atoms with Crippen molar-refractivity contribution in [2.45, 2.75) is 37.1 Å². The summed E-state index contributed by atoms with van der Waals surface area (Å²) >= 11 is 0. The summed E-state index contributed by atoms with van der Waals surface area (Å²) in [4.78, 5) is 15.0. The van der Waals surface area contributed by atoms with Crippen LogP contribution >= 0.6 is 0 Å². The van der Waals surface area contributed by atoms with Gasteiger partial charge in [-0.15, -0.1) is 0 Å². The Labute approximate surface area is 220 Å². The van der Waals surface area contributed by atoms with E-state index in [-0.39, 0.29) is 10.8 Å². The van der Waals surface area contributed by atoms with Crippen LogP contribution in [0.5, 0.6) is 0 Å². The Balaban J connectivity index is 1.25. The van der Waals surface area contributed by atoms with Crippen LogP contribution < -0.4 is 15.8 Å². The number of rotatable bonds is 12. The molecule has 1 aliphatic heterocycles. The van der Waals surface area contributed by atoms with Gasteiger partial charge in [0.25, 0.3) is 0 Å². The summed E-state index contributed by atoms with van der Waals surface area (Å²) in [6, 6.07) is 23.3. The molecule has 37 heavy (non-hydrogen) atoms. The van der Waals surface area contributed by atoms with E-state index in [1.54, 1.807) is 24.3 Å². The van der Waals surface area contributed by atoms with Crippen molar-refractivity contribution < 1.29 is 13.2 Å². The van der Waals surface area contributed by atoms with Gasteiger partial charge in [0.05, 0.1) is 11.3 Å². The monoisotopic (exact) mass is 520 g/mol. The molecule has 0 saturated carbocycles. The number of nitrogens with zero attached hydrogens (tertiary/aromatic N) is 1. The molecule has 0 atom stereocenters. The van der Waals surface area contributed by atoms with E-state index in [9.17, 15) is 13.2 Å². The smallest absolute Gasteiger partial charge is 0.238 e. The van der Waals surface area contributed by atoms with E-state index in [1.807, 2.05) is 12.1 Å². The Bertz CT molecular complexity index is 1290. The van der Waals surface area contributed by atoms with Crippen LogP contribution in [0.2, 0.25) is 0 Å². The lowest BCUT2D eigenvalue weighted by molar-refractivity contribution is -0.120. The van der Waals surface area contributed by atoms with Gasteiger partial charge in [-0.3, -0.25) is 4.79 Å². The van der Waals surface area contributed by atoms with Crippen molar-refractivity contribution in [3.05, 3.63) is 89.5 Å². The van der Waals surface area contributed by atoms with E-state index in [4.69, 9.17) is 5.14 Å². The van der Waals surface area contributed by atoms with Gasteiger partial charge >= 0.3 is 0 Å². The molecule has 196 valence electrons. The molecule has 0 unspecified atom stereocenters. The normalized spacial score (nSPS) is 14.1. The van der Waals surface area contributed by atoms with Gasteiger partial charge in [-0.2, -0.15) is 0 Å². The predicted molar refractivity (Wildman–Crippen MR) is 147 cm³/mol. The summed E-state index contributed by atoms with van der Waals surface area (Å²) < 4.78 is 22.8. The third kappa shape index (κ3) is 8.50. The molecular formula is C29H36N4O3S. The fraction of sp³-hybridized carbons (Fsp3) is 0.345. The number of nitrogens with one attached hydrogen (secondary N) is 2. The third-order valence-electron chi connectivity index (χ3n) is 6.67. The van der Waals surface area contributed by atoms with E-state index in [0.29, 0.717) is 13.0 Å². The highest BCUT2D eigenvalue weighted by molar-refractivity contribution is 7.89. The summed E-state index contributed by atoms with van der Waals surface area (Å²) in [5.41, 5.74) is 5.44. The van der Waals surface area contributed by atoms with Crippen molar-refractivity contribution in [3.8, 4) is 11.1 Å². The first-order chi connectivity index (χ1) is 17.9. The zero-order valence-corrected chi connectivity index (χ0v) is 22.0. The van der Waals surface area contributed by atoms with Crippen LogP contribution in [0.4, 0.5) is 0 Å². The Morgan fingerprint density at radius 2 is 1.49 bits per heavy atom. The SMILES string of the molecule is NS(=O)(=O)c1ccc(CCNCc2cccc(-c3cccc(CC(=O)NCCN4CCCC4)c3)c2)cc1. The van der Waals surface area contributed by atoms with Crippen LogP contribution in [0, 0.1) is 0 Å². The average molecular weight is 521 g/mol. The largest absolute Gasteiger partial charge is 0.355 e. The second-order valence-corrected chi connectivity index (χ2v) is 11.2. The first-order valence-electron chi connectivity index (χ1n) is 12.9. The molecule has 1 saturated heterocycles. The summed E-state index contributed by atoms with van der Waals surface area (Å²) in [6.07, 6.45) is 3.69. The fourth-order valence-corrected chi connectivity index (χ4v) is 5.16. The zero-order chi connectivity index (χ0) is 26.1. The Morgan fingerprint density at radius 1 is 0.838 bits per heavy atom. The molecule has 1 aliphatic rings. The molecule has 0 bridgehead atoms. The molecule has 0 aliphatic carbocycles. The second-order valence-electron chi connectivity index (χ2n) is 9.59. The molecule has 1 heterocycles. The summed E-state index contributed by atoms with van der Waals surface area (Å²) in [5.74, 6) is 0.0635. The third-order valence-corrected chi connectivity index (χ3v) is 7.60. The van der Waals surface area contributed by atoms with E-state index in [2.05, 4.69) is 51.9 Å². The Hall–Kier alpha value is -3.04. The number of benzene rings is 3. The average Bonchev–Trinajstić information content (AvgIpc) is 3.40. The number of likely N-dealkylation sites (tertiary alicyclic amines) is 1. The number of amides is 1. The standard InChI is InChI=1S/C29H36N4O3S/c30-37(35,36)28-11-9-23(10-12-28)13-14-31-22-25-6-4-8-27(20-25)26-7-3-5-24(19-26)21-29(34)32-15-18-33-16-1-2-17-33/h3-12,19-20,31H,1-2,13-18,21-22H2,(H,32,34)(H2,30,35,36). The number of sulfonamides is 1. The van der Waals surface area contributed by atoms with E-state index < -0.39 is 10.0 Å². The minimum absolute atomic E-state index is 0.0635. The minimum atomic E-state index is -3.66. The van der Waals surface area contributed by atoms with E-state index >= 15 is 0 Å². The maximum Gasteiger partial charge on any atom is 0.238 e. The Kier molecular flexibility index (Phi) is 9.46. The summed E-state index contributed by atoms with van der Waals surface area (Å²) in [5, 5.41) is 11.7. The van der Waals surface area contributed by atoms with E-state index in [0.717, 1.165) is 61.4 Å². The fourth-order valence-electron chi connectivity index (χ4n) is 4.64. The lowest BCUT2D eigenvalue weighted by Crippen LogP contribution is -2.34. The van der Waals surface area contributed by atoms with Crippen molar-refractivity contribution in [1.29, 1.82) is 0 Å². The highest BCUT2D eigenvalue weighted by Crippen LogP contribution is 2.22. The highest BCUT2D eigenvalue weighted by Gasteiger charge is 2.12. The number of primary sulfonamides is 1. The molecule has 4 rings (SSSR count). The van der Waals surface area contributed by atoms with Gasteiger partial charge in [0.1, 0.15) is 0 Å². The molecule has 8 heteroatoms. The molecular weight excluding hydrogens is 484 g/mol. The van der Waals surface area contributed by atoms with Gasteiger partial charge in [0, 0.05) is 19.6 Å². The van der Waals surface area contributed by atoms with Gasteiger partial charge in [-0.05, 0) is 84.9 Å². The molecule has 4 N–H and O–H groups in total. The number of carbonyl (C=O) groups excluding carboxylic acids is 1. The molecule has 0 aromatic heterocycles. The van der Waals surface area contributed by atoms with E-state index in [1.165, 1.54) is 18.4 Å². The lowest BCUT2D eigenvalue weighted by atomic mass is 10.00. The van der Waals surface area contributed by atoms with Crippen LogP contribution in [0.25, 0.3) is 11.1 Å². The van der Waals surface area contributed by atoms with Gasteiger partial charge in [0.2, 0.25) is 15.9 Å². The van der Waals surface area contributed by atoms with Crippen LogP contribution in [0.1, 0.15) is 29.5 Å². The predicted octanol–water partition coefficient (Wildman–Crippen LogP) is 3.09. The zero-order valence-electron chi connectivity index (χ0n) is 21.2. The topological polar surface area (TPSA) is 105 Å². The molecule has 0 spiro atoms. The quantitative estimate of drug-likeness (QED) is 0.319. The molecule has 1 amide bonds. The van der Waals surface area contributed by atoms with Crippen LogP contribution in [0.3, 0.4) is 0 Å². The van der Waals surface area contributed by atoms with Gasteiger partial charge in [-0.1, -0.05) is 54.6 Å². The highest BCUT2D eigenvalue weighted by atomic mass is 32.2. The molecule has 7 nitrogen and oxygen atoms in total. The number of hydrogen-bond donors (Lipinski definition) is 3. The molecule has 1 fully saturated rings. The number of carbonyl (C=O) groups is 1. The maximum atomic E-state index is 12.4. The van der Waals surface area contributed by atoms with Crippen LogP contribution in [0.15, 0.2) is 77.7 Å². The van der Waals surface area contributed by atoms with Gasteiger partial charge in [-0.25, -0.2) is 13.6 Å². The summed E-state index contributed by atoms with van der Waals surface area (Å²) in [7, 11) is -3.66. The number of nitrogens with two attached hydrogens (primary N) is 1. The first kappa shape index (κ1) is 27.0. The van der Waals surface area contributed by atoms with Crippen LogP contribution in [-0.2, 0) is 34.2 Å². The van der Waals surface area contributed by atoms with Gasteiger partial charge < -0.3 is 15.5 Å². The minimum Gasteiger partial charge on any atom is -0.355 e. The van der Waals surface area contributed by atoms with Crippen molar-refractivity contribution in [2.75, 3.05) is 32.7 Å². The lowest BCUT2D eigenvalue weighted by Gasteiger charge is -2.14. The van der Waals surface area contributed by atoms with Crippen molar-refractivity contribution in [3.63, 3.8) is 0 Å². The van der Waals surface area contributed by atoms with Crippen molar-refractivity contribution >= 4 is 15.9 Å². The Morgan fingerprint density at radius 3 is 2.16 bits per heavy atom. The number of hydrogen-bond acceptors (Lipinski definition) is 5. The molecule has 3 aromatic rings. The molecule has 0 radical (unpaired) electrons. The second kappa shape index (κ2) is 13.0. The maximum absolute atomic E-state index is 12.4. The van der Waals surface area contributed by atoms with Crippen molar-refractivity contribution in [1.82, 2.24) is 15.5 Å². The summed E-state index contributed by atoms with van der Waals surface area (Å²) in [6.45, 7) is 5.41. The van der Waals surface area contributed by atoms with Crippen molar-refractivity contribution in [2.24, 2.45) is 5.14 Å². The molecule has 3 aromatic carbocycles. The first-order valence-corrected chi connectivity index (χ1v) is 14.4.